The summed E-state index contributed by atoms with van der Waals surface area (Å²) in [4.78, 5) is 0. The first-order valence-electron chi connectivity index (χ1n) is 5.48. The summed E-state index contributed by atoms with van der Waals surface area (Å²) in [5, 5.41) is 19.6. The van der Waals surface area contributed by atoms with E-state index in [-0.39, 0.29) is 0 Å². The molecule has 0 fully saturated rings. The van der Waals surface area contributed by atoms with Gasteiger partial charge in [0.25, 0.3) is 0 Å². The molecule has 0 bridgehead atoms. The third-order valence-electron chi connectivity index (χ3n) is 2.36. The monoisotopic (exact) mass is 225 g/mol. The van der Waals surface area contributed by atoms with Crippen LogP contribution in [-0.4, -0.2) is 29.5 Å². The third-order valence-corrected chi connectivity index (χ3v) is 2.36. The van der Waals surface area contributed by atoms with E-state index < -0.39 is 12.2 Å². The van der Waals surface area contributed by atoms with Crippen LogP contribution in [0.15, 0.2) is 24.3 Å². The highest BCUT2D eigenvalue weighted by Gasteiger charge is 2.20. The molecular formula is C12H19NO3. The molecule has 4 nitrogen and oxygen atoms in total. The lowest BCUT2D eigenvalue weighted by Gasteiger charge is -2.20. The second-order valence-electron chi connectivity index (χ2n) is 3.56. The van der Waals surface area contributed by atoms with Crippen LogP contribution < -0.4 is 10.5 Å². The fraction of sp³-hybridized carbons (Fsp3) is 0.500. The maximum atomic E-state index is 9.94. The average molecular weight is 225 g/mol. The number of aliphatic hydroxyl groups excluding tert-OH is 2. The van der Waals surface area contributed by atoms with Crippen LogP contribution in [0.4, 0.5) is 0 Å². The van der Waals surface area contributed by atoms with Crippen molar-refractivity contribution < 1.29 is 14.9 Å². The van der Waals surface area contributed by atoms with E-state index in [1.54, 1.807) is 18.2 Å². The molecule has 4 heteroatoms. The van der Waals surface area contributed by atoms with E-state index in [9.17, 15) is 10.2 Å². The van der Waals surface area contributed by atoms with Gasteiger partial charge >= 0.3 is 0 Å². The highest BCUT2D eigenvalue weighted by molar-refractivity contribution is 5.35. The highest BCUT2D eigenvalue weighted by atomic mass is 16.5. The van der Waals surface area contributed by atoms with Crippen LogP contribution in [0, 0.1) is 0 Å². The Balaban J connectivity index is 2.84. The predicted octanol–water partition coefficient (Wildman–Crippen LogP) is 0.828. The van der Waals surface area contributed by atoms with Gasteiger partial charge in [-0.2, -0.15) is 0 Å². The van der Waals surface area contributed by atoms with Gasteiger partial charge in [-0.1, -0.05) is 18.2 Å². The van der Waals surface area contributed by atoms with Gasteiger partial charge < -0.3 is 20.7 Å². The Morgan fingerprint density at radius 3 is 2.62 bits per heavy atom. The molecule has 90 valence electrons. The van der Waals surface area contributed by atoms with E-state index in [0.717, 1.165) is 0 Å². The summed E-state index contributed by atoms with van der Waals surface area (Å²) in [5.41, 5.74) is 5.94. The standard InChI is InChI=1S/C12H19NO3/c1-2-16-11-6-4-3-5-9(11)12(15)10(14)7-8-13/h3-6,10,12,14-15H,2,7-8,13H2,1H3. The van der Waals surface area contributed by atoms with Crippen molar-refractivity contribution in [1.82, 2.24) is 0 Å². The molecule has 16 heavy (non-hydrogen) atoms. The quantitative estimate of drug-likeness (QED) is 0.670. The van der Waals surface area contributed by atoms with Crippen molar-refractivity contribution in [3.05, 3.63) is 29.8 Å². The second-order valence-corrected chi connectivity index (χ2v) is 3.56. The van der Waals surface area contributed by atoms with E-state index in [1.807, 2.05) is 13.0 Å². The predicted molar refractivity (Wildman–Crippen MR) is 62.2 cm³/mol. The third kappa shape index (κ3) is 3.20. The molecule has 0 amide bonds. The van der Waals surface area contributed by atoms with Gasteiger partial charge in [0.05, 0.1) is 12.7 Å². The van der Waals surface area contributed by atoms with Crippen molar-refractivity contribution >= 4 is 0 Å². The molecular weight excluding hydrogens is 206 g/mol. The largest absolute Gasteiger partial charge is 0.493 e. The van der Waals surface area contributed by atoms with Crippen molar-refractivity contribution in [2.75, 3.05) is 13.2 Å². The number of para-hydroxylation sites is 1. The van der Waals surface area contributed by atoms with E-state index in [2.05, 4.69) is 0 Å². The summed E-state index contributed by atoms with van der Waals surface area (Å²) in [6.07, 6.45) is -1.44. The van der Waals surface area contributed by atoms with Crippen LogP contribution in [0.5, 0.6) is 5.75 Å². The Morgan fingerprint density at radius 2 is 2.00 bits per heavy atom. The van der Waals surface area contributed by atoms with Gasteiger partial charge in [-0.15, -0.1) is 0 Å². The Labute approximate surface area is 95.7 Å². The van der Waals surface area contributed by atoms with E-state index in [1.165, 1.54) is 0 Å². The minimum Gasteiger partial charge on any atom is -0.493 e. The molecule has 0 aliphatic carbocycles. The van der Waals surface area contributed by atoms with Crippen molar-refractivity contribution in [2.45, 2.75) is 25.6 Å². The Morgan fingerprint density at radius 1 is 1.31 bits per heavy atom. The number of nitrogens with two attached hydrogens (primary N) is 1. The summed E-state index contributed by atoms with van der Waals surface area (Å²) < 4.78 is 5.38. The van der Waals surface area contributed by atoms with Gasteiger partial charge in [-0.05, 0) is 26.0 Å². The highest BCUT2D eigenvalue weighted by Crippen LogP contribution is 2.27. The molecule has 0 radical (unpaired) electrons. The zero-order valence-corrected chi connectivity index (χ0v) is 9.47. The molecule has 4 N–H and O–H groups in total. The summed E-state index contributed by atoms with van der Waals surface area (Å²) in [6, 6.07) is 7.15. The molecule has 0 saturated heterocycles. The van der Waals surface area contributed by atoms with Gasteiger partial charge in [0.15, 0.2) is 0 Å². The fourth-order valence-electron chi connectivity index (χ4n) is 1.55. The minimum atomic E-state index is -0.953. The van der Waals surface area contributed by atoms with Gasteiger partial charge in [0.2, 0.25) is 0 Å². The Kier molecular flexibility index (Phi) is 5.25. The van der Waals surface area contributed by atoms with Crippen LogP contribution in [0.1, 0.15) is 25.0 Å². The number of ether oxygens (including phenoxy) is 1. The zero-order valence-electron chi connectivity index (χ0n) is 9.47. The van der Waals surface area contributed by atoms with Crippen molar-refractivity contribution in [2.24, 2.45) is 5.73 Å². The lowest BCUT2D eigenvalue weighted by molar-refractivity contribution is 0.0134. The fourth-order valence-corrected chi connectivity index (χ4v) is 1.55. The molecule has 0 spiro atoms. The van der Waals surface area contributed by atoms with Gasteiger partial charge in [0.1, 0.15) is 11.9 Å². The molecule has 0 saturated carbocycles. The van der Waals surface area contributed by atoms with Gasteiger partial charge in [0, 0.05) is 5.56 Å². The normalized spacial score (nSPS) is 14.5. The first-order valence-corrected chi connectivity index (χ1v) is 5.48. The number of benzene rings is 1. The molecule has 0 aromatic heterocycles. The van der Waals surface area contributed by atoms with E-state index in [4.69, 9.17) is 10.5 Å². The number of hydrogen-bond donors (Lipinski definition) is 3. The van der Waals surface area contributed by atoms with E-state index in [0.29, 0.717) is 30.9 Å². The van der Waals surface area contributed by atoms with E-state index >= 15 is 0 Å². The number of rotatable bonds is 6. The molecule has 1 rings (SSSR count). The SMILES string of the molecule is CCOc1ccccc1C(O)C(O)CCN. The van der Waals surface area contributed by atoms with Gasteiger partial charge in [-0.25, -0.2) is 0 Å². The first kappa shape index (κ1) is 13.0. The smallest absolute Gasteiger partial charge is 0.125 e. The van der Waals surface area contributed by atoms with Crippen molar-refractivity contribution in [3.8, 4) is 5.75 Å². The molecule has 0 aliphatic rings. The maximum Gasteiger partial charge on any atom is 0.125 e. The van der Waals surface area contributed by atoms with Gasteiger partial charge in [-0.3, -0.25) is 0 Å². The molecule has 2 unspecified atom stereocenters. The second kappa shape index (κ2) is 6.48. The number of hydrogen-bond acceptors (Lipinski definition) is 4. The summed E-state index contributed by atoms with van der Waals surface area (Å²) in [7, 11) is 0. The topological polar surface area (TPSA) is 75.7 Å². The molecule has 1 aromatic carbocycles. The molecule has 0 heterocycles. The molecule has 0 aliphatic heterocycles. The lowest BCUT2D eigenvalue weighted by Crippen LogP contribution is -2.22. The van der Waals surface area contributed by atoms with Crippen molar-refractivity contribution in [3.63, 3.8) is 0 Å². The van der Waals surface area contributed by atoms with Crippen LogP contribution in [0.3, 0.4) is 0 Å². The summed E-state index contributed by atoms with van der Waals surface area (Å²) >= 11 is 0. The van der Waals surface area contributed by atoms with Crippen LogP contribution in [0.2, 0.25) is 0 Å². The van der Waals surface area contributed by atoms with Crippen molar-refractivity contribution in [1.29, 1.82) is 0 Å². The van der Waals surface area contributed by atoms with Crippen LogP contribution in [0.25, 0.3) is 0 Å². The lowest BCUT2D eigenvalue weighted by atomic mass is 10.0. The summed E-state index contributed by atoms with van der Waals surface area (Å²) in [6.45, 7) is 2.74. The Bertz CT molecular complexity index is 317. The molecule has 2 atom stereocenters. The zero-order chi connectivity index (χ0) is 12.0. The average Bonchev–Trinajstić information content (AvgIpc) is 2.29. The maximum absolute atomic E-state index is 9.94. The Hall–Kier alpha value is -1.10. The summed E-state index contributed by atoms with van der Waals surface area (Å²) in [5.74, 6) is 0.605. The first-order chi connectivity index (χ1) is 7.70. The number of aliphatic hydroxyl groups is 2. The molecule has 1 aromatic rings. The van der Waals surface area contributed by atoms with Crippen LogP contribution >= 0.6 is 0 Å². The minimum absolute atomic E-state index is 0.342. The van der Waals surface area contributed by atoms with Crippen LogP contribution in [-0.2, 0) is 0 Å².